The molecule has 6 nitrogen and oxygen atoms in total. The van der Waals surface area contributed by atoms with E-state index < -0.39 is 5.97 Å². The molecule has 0 N–H and O–H groups in total. The van der Waals surface area contributed by atoms with Crippen molar-refractivity contribution < 1.29 is 19.4 Å². The Morgan fingerprint density at radius 2 is 1.70 bits per heavy atom. The average molecular weight is 458 g/mol. The zero-order chi connectivity index (χ0) is 23.2. The predicted octanol–water partition coefficient (Wildman–Crippen LogP) is 3.73. The van der Waals surface area contributed by atoms with Crippen molar-refractivity contribution >= 4 is 34.9 Å². The standard InChI is InChI=1S/C26H22N2O4S/c1-32-22-13-12-20(14-21(22)25(30)31)15-23-24(29)28(17-19-10-6-3-7-11-19)26(33-23)27-16-18-8-4-2-5-9-18/h2-15H,16-17H2,1H3,(H,30,31)/p-1/b23-15+,27-26?. The number of rotatable bonds is 7. The fourth-order valence-electron chi connectivity index (χ4n) is 3.40. The van der Waals surface area contributed by atoms with Crippen molar-refractivity contribution in [2.24, 2.45) is 4.99 Å². The van der Waals surface area contributed by atoms with Crippen LogP contribution in [0.1, 0.15) is 27.0 Å². The first-order chi connectivity index (χ1) is 16.0. The third kappa shape index (κ3) is 5.32. The molecule has 0 aliphatic carbocycles. The molecule has 3 aromatic carbocycles. The maximum absolute atomic E-state index is 13.3. The molecule has 166 valence electrons. The molecule has 1 saturated heterocycles. The summed E-state index contributed by atoms with van der Waals surface area (Å²) in [5, 5.41) is 12.1. The Bertz CT molecular complexity index is 1220. The van der Waals surface area contributed by atoms with E-state index in [-0.39, 0.29) is 17.2 Å². The quantitative estimate of drug-likeness (QED) is 0.505. The van der Waals surface area contributed by atoms with Crippen molar-refractivity contribution in [3.05, 3.63) is 106 Å². The molecule has 1 aliphatic heterocycles. The predicted molar refractivity (Wildman–Crippen MR) is 127 cm³/mol. The van der Waals surface area contributed by atoms with E-state index >= 15 is 0 Å². The topological polar surface area (TPSA) is 82.0 Å². The Labute approximate surface area is 196 Å². The number of ether oxygens (including phenoxy) is 1. The molecule has 0 radical (unpaired) electrons. The number of carboxylic acid groups (broad SMARTS) is 1. The molecule has 0 saturated carbocycles. The summed E-state index contributed by atoms with van der Waals surface area (Å²) in [5.74, 6) is -1.31. The fourth-order valence-corrected chi connectivity index (χ4v) is 4.38. The lowest BCUT2D eigenvalue weighted by Gasteiger charge is -2.15. The van der Waals surface area contributed by atoms with Crippen LogP contribution in [0, 0.1) is 0 Å². The zero-order valence-electron chi connectivity index (χ0n) is 17.9. The monoisotopic (exact) mass is 457 g/mol. The number of carbonyl (C=O) groups is 2. The van der Waals surface area contributed by atoms with Gasteiger partial charge in [0.25, 0.3) is 5.91 Å². The summed E-state index contributed by atoms with van der Waals surface area (Å²) >= 11 is 1.28. The van der Waals surface area contributed by atoms with Gasteiger partial charge < -0.3 is 14.6 Å². The number of methoxy groups -OCH3 is 1. The maximum Gasteiger partial charge on any atom is 0.267 e. The number of amides is 1. The minimum absolute atomic E-state index is 0.0681. The number of carboxylic acids is 1. The van der Waals surface area contributed by atoms with Crippen molar-refractivity contribution in [3.8, 4) is 5.75 Å². The minimum atomic E-state index is -1.34. The van der Waals surface area contributed by atoms with Gasteiger partial charge in [0.05, 0.1) is 31.1 Å². The molecule has 7 heteroatoms. The van der Waals surface area contributed by atoms with Crippen LogP contribution in [0.4, 0.5) is 0 Å². The van der Waals surface area contributed by atoms with Crippen molar-refractivity contribution in [1.82, 2.24) is 4.90 Å². The molecule has 1 fully saturated rings. The summed E-state index contributed by atoms with van der Waals surface area (Å²) in [7, 11) is 1.40. The molecule has 1 aliphatic rings. The number of thioether (sulfide) groups is 1. The van der Waals surface area contributed by atoms with Crippen LogP contribution >= 0.6 is 11.8 Å². The SMILES string of the molecule is COc1ccc(/C=C2/SC(=NCc3ccccc3)N(Cc3ccccc3)C2=O)cc1C(=O)[O-]. The van der Waals surface area contributed by atoms with Crippen molar-refractivity contribution in [2.75, 3.05) is 7.11 Å². The second kappa shape index (κ2) is 10.2. The molecule has 0 spiro atoms. The number of aliphatic imine (C=N–C) groups is 1. The highest BCUT2D eigenvalue weighted by Gasteiger charge is 2.33. The van der Waals surface area contributed by atoms with Crippen molar-refractivity contribution in [3.63, 3.8) is 0 Å². The van der Waals surface area contributed by atoms with E-state index in [4.69, 9.17) is 9.73 Å². The Kier molecular flexibility index (Phi) is 6.90. The second-order valence-electron chi connectivity index (χ2n) is 7.32. The lowest BCUT2D eigenvalue weighted by molar-refractivity contribution is -0.255. The summed E-state index contributed by atoms with van der Waals surface area (Å²) in [4.78, 5) is 31.6. The highest BCUT2D eigenvalue weighted by Crippen LogP contribution is 2.34. The first kappa shape index (κ1) is 22.4. The Hall–Kier alpha value is -3.84. The van der Waals surface area contributed by atoms with Crippen molar-refractivity contribution in [2.45, 2.75) is 13.1 Å². The number of hydrogen-bond donors (Lipinski definition) is 0. The Balaban J connectivity index is 1.66. The van der Waals surface area contributed by atoms with Crippen LogP contribution in [-0.2, 0) is 17.9 Å². The number of carbonyl (C=O) groups excluding carboxylic acids is 2. The van der Waals surface area contributed by atoms with Crippen LogP contribution in [0.3, 0.4) is 0 Å². The largest absolute Gasteiger partial charge is 0.545 e. The molecule has 0 bridgehead atoms. The third-order valence-electron chi connectivity index (χ3n) is 5.05. The van der Waals surface area contributed by atoms with E-state index in [9.17, 15) is 14.7 Å². The number of aromatic carboxylic acids is 1. The lowest BCUT2D eigenvalue weighted by Crippen LogP contribution is -2.28. The average Bonchev–Trinajstić information content (AvgIpc) is 3.13. The molecule has 3 aromatic rings. The Morgan fingerprint density at radius 3 is 2.33 bits per heavy atom. The van der Waals surface area contributed by atoms with Gasteiger partial charge in [0, 0.05) is 5.56 Å². The first-order valence-electron chi connectivity index (χ1n) is 10.3. The number of benzene rings is 3. The van der Waals surface area contributed by atoms with Gasteiger partial charge in [0.2, 0.25) is 0 Å². The summed E-state index contributed by atoms with van der Waals surface area (Å²) in [6.45, 7) is 0.844. The molecule has 33 heavy (non-hydrogen) atoms. The normalized spacial score (nSPS) is 15.9. The summed E-state index contributed by atoms with van der Waals surface area (Å²) in [5.41, 5.74) is 2.53. The van der Waals surface area contributed by atoms with Gasteiger partial charge in [0.15, 0.2) is 5.17 Å². The molecule has 0 atom stereocenters. The van der Waals surface area contributed by atoms with Gasteiger partial charge in [-0.1, -0.05) is 66.7 Å². The van der Waals surface area contributed by atoms with Crippen LogP contribution in [-0.4, -0.2) is 29.1 Å². The van der Waals surface area contributed by atoms with Gasteiger partial charge in [-0.25, -0.2) is 0 Å². The summed E-state index contributed by atoms with van der Waals surface area (Å²) in [6, 6.07) is 24.2. The molecule has 4 rings (SSSR count). The molecular formula is C26H21N2O4S-. The lowest BCUT2D eigenvalue weighted by atomic mass is 10.1. The van der Waals surface area contributed by atoms with E-state index in [1.165, 1.54) is 24.9 Å². The third-order valence-corrected chi connectivity index (χ3v) is 6.10. The highest BCUT2D eigenvalue weighted by atomic mass is 32.2. The van der Waals surface area contributed by atoms with Crippen LogP contribution < -0.4 is 9.84 Å². The van der Waals surface area contributed by atoms with Crippen LogP contribution in [0.2, 0.25) is 0 Å². The van der Waals surface area contributed by atoms with E-state index in [0.717, 1.165) is 11.1 Å². The van der Waals surface area contributed by atoms with E-state index in [0.29, 0.717) is 28.7 Å². The van der Waals surface area contributed by atoms with Gasteiger partial charge >= 0.3 is 0 Å². The molecule has 1 amide bonds. The number of nitrogens with zero attached hydrogens (tertiary/aromatic N) is 2. The number of amidine groups is 1. The molecule has 0 unspecified atom stereocenters. The molecule has 1 heterocycles. The maximum atomic E-state index is 13.3. The van der Waals surface area contributed by atoms with E-state index in [2.05, 4.69) is 0 Å². The van der Waals surface area contributed by atoms with E-state index in [1.54, 1.807) is 23.1 Å². The van der Waals surface area contributed by atoms with Crippen LogP contribution in [0.5, 0.6) is 5.75 Å². The summed E-state index contributed by atoms with van der Waals surface area (Å²) < 4.78 is 5.09. The van der Waals surface area contributed by atoms with Crippen LogP contribution in [0.25, 0.3) is 6.08 Å². The zero-order valence-corrected chi connectivity index (χ0v) is 18.7. The first-order valence-corrected chi connectivity index (χ1v) is 11.1. The smallest absolute Gasteiger partial charge is 0.267 e. The Morgan fingerprint density at radius 1 is 1.03 bits per heavy atom. The fraction of sp³-hybridized carbons (Fsp3) is 0.115. The molecule has 0 aromatic heterocycles. The van der Waals surface area contributed by atoms with Crippen LogP contribution in [0.15, 0.2) is 88.8 Å². The minimum Gasteiger partial charge on any atom is -0.545 e. The van der Waals surface area contributed by atoms with Gasteiger partial charge in [-0.05, 0) is 46.7 Å². The van der Waals surface area contributed by atoms with Gasteiger partial charge in [-0.3, -0.25) is 14.7 Å². The number of hydrogen-bond acceptors (Lipinski definition) is 6. The van der Waals surface area contributed by atoms with Gasteiger partial charge in [-0.15, -0.1) is 0 Å². The van der Waals surface area contributed by atoms with Crippen molar-refractivity contribution in [1.29, 1.82) is 0 Å². The van der Waals surface area contributed by atoms with Gasteiger partial charge in [0.1, 0.15) is 5.75 Å². The highest BCUT2D eigenvalue weighted by molar-refractivity contribution is 8.18. The second-order valence-corrected chi connectivity index (χ2v) is 8.33. The molecular weight excluding hydrogens is 436 g/mol. The van der Waals surface area contributed by atoms with Gasteiger partial charge in [-0.2, -0.15) is 0 Å². The summed E-state index contributed by atoms with van der Waals surface area (Å²) in [6.07, 6.45) is 1.67. The van der Waals surface area contributed by atoms with E-state index in [1.807, 2.05) is 60.7 Å².